The molecule has 1 amide bonds. The fourth-order valence-corrected chi connectivity index (χ4v) is 1.94. The van der Waals surface area contributed by atoms with E-state index in [0.29, 0.717) is 18.9 Å². The molecule has 0 heterocycles. The van der Waals surface area contributed by atoms with Crippen molar-refractivity contribution in [2.24, 2.45) is 0 Å². The number of amides is 1. The summed E-state index contributed by atoms with van der Waals surface area (Å²) in [7, 11) is 0. The summed E-state index contributed by atoms with van der Waals surface area (Å²) in [6.07, 6.45) is 1.35. The Labute approximate surface area is 119 Å². The number of halogens is 3. The molecule has 1 aromatic carbocycles. The lowest BCUT2D eigenvalue weighted by Gasteiger charge is -2.21. The van der Waals surface area contributed by atoms with Gasteiger partial charge in [0.2, 0.25) is 0 Å². The first-order valence-electron chi connectivity index (χ1n) is 6.55. The molecule has 7 heteroatoms. The molecule has 4 nitrogen and oxygen atoms in total. The summed E-state index contributed by atoms with van der Waals surface area (Å²) in [5.74, 6) is -6.09. The summed E-state index contributed by atoms with van der Waals surface area (Å²) >= 11 is 0. The van der Waals surface area contributed by atoms with Gasteiger partial charge in [0.25, 0.3) is 5.91 Å². The molecular formula is C14H14F3NO3. The number of nitrogens with zero attached hydrogens (tertiary/aromatic N) is 1. The van der Waals surface area contributed by atoms with Crippen LogP contribution in [0, 0.1) is 17.5 Å². The summed E-state index contributed by atoms with van der Waals surface area (Å²) < 4.78 is 44.5. The molecule has 0 spiro atoms. The predicted molar refractivity (Wildman–Crippen MR) is 67.0 cm³/mol. The molecule has 0 radical (unpaired) electrons. The van der Waals surface area contributed by atoms with Gasteiger partial charge in [-0.25, -0.2) is 13.2 Å². The van der Waals surface area contributed by atoms with E-state index in [1.165, 1.54) is 0 Å². The molecule has 0 unspecified atom stereocenters. The maximum Gasteiger partial charge on any atom is 0.325 e. The summed E-state index contributed by atoms with van der Waals surface area (Å²) in [5.41, 5.74) is -0.593. The zero-order chi connectivity index (χ0) is 15.6. The topological polar surface area (TPSA) is 46.6 Å². The molecule has 1 aliphatic rings. The van der Waals surface area contributed by atoms with Crippen molar-refractivity contribution in [1.82, 2.24) is 4.90 Å². The summed E-state index contributed by atoms with van der Waals surface area (Å²) in [4.78, 5) is 24.9. The molecule has 1 saturated carbocycles. The number of ether oxygens (including phenoxy) is 1. The molecule has 0 N–H and O–H groups in total. The van der Waals surface area contributed by atoms with E-state index < -0.39 is 34.9 Å². The summed E-state index contributed by atoms with van der Waals surface area (Å²) in [6.45, 7) is 1.44. The number of carbonyl (C=O) groups excluding carboxylic acids is 2. The smallest absolute Gasteiger partial charge is 0.325 e. The molecule has 0 bridgehead atoms. The second-order valence-electron chi connectivity index (χ2n) is 4.69. The van der Waals surface area contributed by atoms with Gasteiger partial charge in [0.15, 0.2) is 17.5 Å². The van der Waals surface area contributed by atoms with E-state index in [0.717, 1.165) is 11.0 Å². The molecule has 1 fully saturated rings. The molecule has 21 heavy (non-hydrogen) atoms. The maximum absolute atomic E-state index is 13.7. The Bertz CT molecular complexity index is 573. The van der Waals surface area contributed by atoms with E-state index in [9.17, 15) is 22.8 Å². The highest BCUT2D eigenvalue weighted by molar-refractivity contribution is 5.96. The first kappa shape index (κ1) is 15.3. The monoisotopic (exact) mass is 301 g/mol. The second-order valence-corrected chi connectivity index (χ2v) is 4.69. The third-order valence-corrected chi connectivity index (χ3v) is 3.12. The van der Waals surface area contributed by atoms with E-state index >= 15 is 0 Å². The van der Waals surface area contributed by atoms with Crippen molar-refractivity contribution in [3.63, 3.8) is 0 Å². The van der Waals surface area contributed by atoms with Crippen LogP contribution in [0.3, 0.4) is 0 Å². The largest absolute Gasteiger partial charge is 0.465 e. The number of hydrogen-bond acceptors (Lipinski definition) is 3. The lowest BCUT2D eigenvalue weighted by Crippen LogP contribution is -2.38. The van der Waals surface area contributed by atoms with Gasteiger partial charge in [-0.05, 0) is 31.9 Å². The van der Waals surface area contributed by atoms with Gasteiger partial charge in [-0.3, -0.25) is 9.59 Å². The van der Waals surface area contributed by atoms with Crippen LogP contribution in [-0.2, 0) is 9.53 Å². The van der Waals surface area contributed by atoms with Crippen LogP contribution in [0.15, 0.2) is 12.1 Å². The van der Waals surface area contributed by atoms with Gasteiger partial charge in [-0.15, -0.1) is 0 Å². The lowest BCUT2D eigenvalue weighted by atomic mass is 10.1. The molecule has 2 rings (SSSR count). The highest BCUT2D eigenvalue weighted by Crippen LogP contribution is 2.29. The minimum atomic E-state index is -1.70. The van der Waals surface area contributed by atoms with Gasteiger partial charge in [-0.1, -0.05) is 0 Å². The van der Waals surface area contributed by atoms with Crippen molar-refractivity contribution in [3.05, 3.63) is 35.1 Å². The van der Waals surface area contributed by atoms with Crippen molar-refractivity contribution in [2.45, 2.75) is 25.8 Å². The Hall–Kier alpha value is -2.05. The normalized spacial score (nSPS) is 13.9. The van der Waals surface area contributed by atoms with Crippen molar-refractivity contribution >= 4 is 11.9 Å². The molecule has 1 aromatic rings. The van der Waals surface area contributed by atoms with E-state index in [1.807, 2.05) is 0 Å². The Balaban J connectivity index is 2.23. The fourth-order valence-electron chi connectivity index (χ4n) is 1.94. The van der Waals surface area contributed by atoms with Crippen LogP contribution < -0.4 is 0 Å². The van der Waals surface area contributed by atoms with Crippen molar-refractivity contribution in [1.29, 1.82) is 0 Å². The van der Waals surface area contributed by atoms with Gasteiger partial charge in [0.05, 0.1) is 12.2 Å². The quantitative estimate of drug-likeness (QED) is 0.619. The van der Waals surface area contributed by atoms with Crippen LogP contribution in [-0.4, -0.2) is 36.0 Å². The standard InChI is InChI=1S/C14H14F3NO3/c1-2-21-11(19)7-18(8-3-4-8)14(20)9-5-6-10(15)13(17)12(9)16/h5-6,8H,2-4,7H2,1H3. The molecule has 1 aliphatic carbocycles. The Morgan fingerprint density at radius 2 is 1.90 bits per heavy atom. The van der Waals surface area contributed by atoms with Crippen LogP contribution in [0.2, 0.25) is 0 Å². The zero-order valence-corrected chi connectivity index (χ0v) is 11.4. The van der Waals surface area contributed by atoms with E-state index in [-0.39, 0.29) is 19.2 Å². The SMILES string of the molecule is CCOC(=O)CN(C(=O)c1ccc(F)c(F)c1F)C1CC1. The Morgan fingerprint density at radius 1 is 1.24 bits per heavy atom. The highest BCUT2D eigenvalue weighted by atomic mass is 19.2. The molecule has 0 atom stereocenters. The average Bonchev–Trinajstić information content (AvgIpc) is 3.26. The molecular weight excluding hydrogens is 287 g/mol. The predicted octanol–water partition coefficient (Wildman–Crippen LogP) is 2.27. The third kappa shape index (κ3) is 3.34. The van der Waals surface area contributed by atoms with Crippen LogP contribution in [0.5, 0.6) is 0 Å². The Morgan fingerprint density at radius 3 is 2.48 bits per heavy atom. The molecule has 0 saturated heterocycles. The Kier molecular flexibility index (Phi) is 4.50. The first-order chi connectivity index (χ1) is 9.95. The number of hydrogen-bond donors (Lipinski definition) is 0. The van der Waals surface area contributed by atoms with Crippen molar-refractivity contribution in [2.75, 3.05) is 13.2 Å². The number of benzene rings is 1. The summed E-state index contributed by atoms with van der Waals surface area (Å²) in [6, 6.07) is 1.35. The van der Waals surface area contributed by atoms with Crippen molar-refractivity contribution in [3.8, 4) is 0 Å². The van der Waals surface area contributed by atoms with E-state index in [4.69, 9.17) is 4.74 Å². The summed E-state index contributed by atoms with van der Waals surface area (Å²) in [5, 5.41) is 0. The average molecular weight is 301 g/mol. The van der Waals surface area contributed by atoms with Gasteiger partial charge in [0, 0.05) is 6.04 Å². The van der Waals surface area contributed by atoms with Crippen LogP contribution in [0.4, 0.5) is 13.2 Å². The van der Waals surface area contributed by atoms with Crippen LogP contribution >= 0.6 is 0 Å². The minimum Gasteiger partial charge on any atom is -0.465 e. The maximum atomic E-state index is 13.7. The van der Waals surface area contributed by atoms with Crippen molar-refractivity contribution < 1.29 is 27.5 Å². The molecule has 0 aliphatic heterocycles. The van der Waals surface area contributed by atoms with Crippen LogP contribution in [0.25, 0.3) is 0 Å². The minimum absolute atomic E-state index is 0.158. The lowest BCUT2D eigenvalue weighted by molar-refractivity contribution is -0.144. The second kappa shape index (κ2) is 6.15. The van der Waals surface area contributed by atoms with Gasteiger partial charge >= 0.3 is 5.97 Å². The molecule has 0 aromatic heterocycles. The fraction of sp³-hybridized carbons (Fsp3) is 0.429. The van der Waals surface area contributed by atoms with Gasteiger partial charge in [-0.2, -0.15) is 0 Å². The van der Waals surface area contributed by atoms with E-state index in [1.54, 1.807) is 6.92 Å². The van der Waals surface area contributed by atoms with Gasteiger partial charge < -0.3 is 9.64 Å². The van der Waals surface area contributed by atoms with E-state index in [2.05, 4.69) is 0 Å². The number of carbonyl (C=O) groups is 2. The zero-order valence-electron chi connectivity index (χ0n) is 11.4. The van der Waals surface area contributed by atoms with Gasteiger partial charge in [0.1, 0.15) is 6.54 Å². The first-order valence-corrected chi connectivity index (χ1v) is 6.55. The third-order valence-electron chi connectivity index (χ3n) is 3.12. The number of rotatable bonds is 5. The highest BCUT2D eigenvalue weighted by Gasteiger charge is 2.36. The molecule has 114 valence electrons. The number of esters is 1. The van der Waals surface area contributed by atoms with Crippen LogP contribution in [0.1, 0.15) is 30.1 Å².